The van der Waals surface area contributed by atoms with E-state index in [1.165, 1.54) is 6.07 Å². The number of benzene rings is 2. The summed E-state index contributed by atoms with van der Waals surface area (Å²) < 4.78 is 19.0. The number of hydrogen-bond donors (Lipinski definition) is 1. The van der Waals surface area contributed by atoms with Crippen molar-refractivity contribution in [3.05, 3.63) is 59.4 Å². The summed E-state index contributed by atoms with van der Waals surface area (Å²) in [5, 5.41) is 9.11. The first-order valence-corrected chi connectivity index (χ1v) is 5.33. The molecule has 0 spiro atoms. The maximum absolute atomic E-state index is 13.4. The molecule has 0 amide bonds. The zero-order chi connectivity index (χ0) is 12.3. The molecule has 0 aliphatic heterocycles. The van der Waals surface area contributed by atoms with Crippen molar-refractivity contribution in [2.75, 3.05) is 0 Å². The summed E-state index contributed by atoms with van der Waals surface area (Å²) in [4.78, 5) is 0. The molecule has 0 atom stereocenters. The molecule has 88 valence electrons. The lowest BCUT2D eigenvalue weighted by molar-refractivity contribution is 0.270. The van der Waals surface area contributed by atoms with Crippen LogP contribution in [-0.4, -0.2) is 5.11 Å². The molecule has 2 nitrogen and oxygen atoms in total. The number of aryl methyl sites for hydroxylation is 1. The summed E-state index contributed by atoms with van der Waals surface area (Å²) in [6, 6.07) is 11.9. The standard InChI is InChI=1S/C14H13FO2/c1-10-4-2-5-11(8-10)17-14-7-3-6-13(15)12(14)9-16/h2-8,16H,9H2,1H3. The van der Waals surface area contributed by atoms with Crippen LogP contribution in [0.25, 0.3) is 0 Å². The monoisotopic (exact) mass is 232 g/mol. The van der Waals surface area contributed by atoms with Crippen LogP contribution in [0.3, 0.4) is 0 Å². The molecule has 0 saturated carbocycles. The molecule has 2 aromatic rings. The molecular formula is C14H13FO2. The number of halogens is 1. The first-order valence-electron chi connectivity index (χ1n) is 5.33. The van der Waals surface area contributed by atoms with E-state index in [9.17, 15) is 4.39 Å². The minimum absolute atomic E-state index is 0.175. The maximum Gasteiger partial charge on any atom is 0.135 e. The fourth-order valence-electron chi connectivity index (χ4n) is 1.59. The predicted molar refractivity (Wildman–Crippen MR) is 63.6 cm³/mol. The number of hydrogen-bond acceptors (Lipinski definition) is 2. The first kappa shape index (κ1) is 11.6. The Balaban J connectivity index is 2.33. The number of aliphatic hydroxyl groups excluding tert-OH is 1. The predicted octanol–water partition coefficient (Wildman–Crippen LogP) is 3.42. The Bertz CT molecular complexity index is 523. The second-order valence-corrected chi connectivity index (χ2v) is 3.79. The third-order valence-corrected chi connectivity index (χ3v) is 2.45. The topological polar surface area (TPSA) is 29.5 Å². The Morgan fingerprint density at radius 2 is 1.94 bits per heavy atom. The average Bonchev–Trinajstić information content (AvgIpc) is 2.29. The highest BCUT2D eigenvalue weighted by Crippen LogP contribution is 2.27. The van der Waals surface area contributed by atoms with E-state index in [4.69, 9.17) is 9.84 Å². The van der Waals surface area contributed by atoms with Crippen LogP contribution in [0, 0.1) is 12.7 Å². The zero-order valence-corrected chi connectivity index (χ0v) is 9.48. The van der Waals surface area contributed by atoms with Crippen molar-refractivity contribution in [1.29, 1.82) is 0 Å². The first-order chi connectivity index (χ1) is 8.20. The molecule has 2 rings (SSSR count). The molecule has 0 fully saturated rings. The maximum atomic E-state index is 13.4. The Kier molecular flexibility index (Phi) is 3.40. The van der Waals surface area contributed by atoms with Gasteiger partial charge in [0.15, 0.2) is 0 Å². The molecule has 1 N–H and O–H groups in total. The van der Waals surface area contributed by atoms with Gasteiger partial charge in [-0.2, -0.15) is 0 Å². The average molecular weight is 232 g/mol. The quantitative estimate of drug-likeness (QED) is 0.878. The zero-order valence-electron chi connectivity index (χ0n) is 9.48. The van der Waals surface area contributed by atoms with E-state index in [2.05, 4.69) is 0 Å². The normalized spacial score (nSPS) is 10.3. The lowest BCUT2D eigenvalue weighted by Gasteiger charge is -2.10. The minimum atomic E-state index is -0.461. The summed E-state index contributed by atoms with van der Waals surface area (Å²) in [7, 11) is 0. The summed E-state index contributed by atoms with van der Waals surface area (Å²) >= 11 is 0. The molecule has 0 saturated heterocycles. The van der Waals surface area contributed by atoms with Gasteiger partial charge in [-0.1, -0.05) is 18.2 Å². The van der Waals surface area contributed by atoms with E-state index in [-0.39, 0.29) is 12.2 Å². The highest BCUT2D eigenvalue weighted by Gasteiger charge is 2.09. The number of aliphatic hydroxyl groups is 1. The fourth-order valence-corrected chi connectivity index (χ4v) is 1.59. The molecule has 0 unspecified atom stereocenters. The van der Waals surface area contributed by atoms with Crippen LogP contribution in [0.1, 0.15) is 11.1 Å². The molecule has 0 heterocycles. The minimum Gasteiger partial charge on any atom is -0.457 e. The van der Waals surface area contributed by atoms with Crippen LogP contribution in [0.2, 0.25) is 0 Å². The smallest absolute Gasteiger partial charge is 0.135 e. The van der Waals surface area contributed by atoms with Crippen molar-refractivity contribution < 1.29 is 14.2 Å². The molecule has 3 heteroatoms. The fraction of sp³-hybridized carbons (Fsp3) is 0.143. The summed E-state index contributed by atoms with van der Waals surface area (Å²) in [6.45, 7) is 1.57. The SMILES string of the molecule is Cc1cccc(Oc2cccc(F)c2CO)c1. The van der Waals surface area contributed by atoms with Crippen molar-refractivity contribution in [3.63, 3.8) is 0 Å². The van der Waals surface area contributed by atoms with Gasteiger partial charge in [-0.3, -0.25) is 0 Å². The van der Waals surface area contributed by atoms with Crippen LogP contribution in [0.4, 0.5) is 4.39 Å². The van der Waals surface area contributed by atoms with Crippen molar-refractivity contribution >= 4 is 0 Å². The van der Waals surface area contributed by atoms with Gasteiger partial charge in [0.25, 0.3) is 0 Å². The van der Waals surface area contributed by atoms with Gasteiger partial charge in [0.1, 0.15) is 17.3 Å². The van der Waals surface area contributed by atoms with Gasteiger partial charge < -0.3 is 9.84 Å². The number of ether oxygens (including phenoxy) is 1. The Labute approximate surface area is 99.3 Å². The van der Waals surface area contributed by atoms with Crippen molar-refractivity contribution in [3.8, 4) is 11.5 Å². The van der Waals surface area contributed by atoms with E-state index in [1.54, 1.807) is 18.2 Å². The van der Waals surface area contributed by atoms with Crippen LogP contribution >= 0.6 is 0 Å². The molecule has 0 radical (unpaired) electrons. The Morgan fingerprint density at radius 3 is 2.65 bits per heavy atom. The third-order valence-electron chi connectivity index (χ3n) is 2.45. The second kappa shape index (κ2) is 4.97. The molecular weight excluding hydrogens is 219 g/mol. The molecule has 17 heavy (non-hydrogen) atoms. The molecule has 0 aromatic heterocycles. The van der Waals surface area contributed by atoms with Gasteiger partial charge in [0.05, 0.1) is 12.2 Å². The summed E-state index contributed by atoms with van der Waals surface area (Å²) in [5.41, 5.74) is 1.23. The van der Waals surface area contributed by atoms with Gasteiger partial charge in [-0.05, 0) is 36.8 Å². The van der Waals surface area contributed by atoms with E-state index in [0.29, 0.717) is 11.5 Å². The third kappa shape index (κ3) is 2.63. The highest BCUT2D eigenvalue weighted by atomic mass is 19.1. The van der Waals surface area contributed by atoms with E-state index < -0.39 is 5.82 Å². The van der Waals surface area contributed by atoms with Crippen molar-refractivity contribution in [1.82, 2.24) is 0 Å². The van der Waals surface area contributed by atoms with Gasteiger partial charge in [-0.25, -0.2) is 4.39 Å². The Morgan fingerprint density at radius 1 is 1.18 bits per heavy atom. The van der Waals surface area contributed by atoms with Crippen LogP contribution in [0.5, 0.6) is 11.5 Å². The lowest BCUT2D eigenvalue weighted by atomic mass is 10.2. The second-order valence-electron chi connectivity index (χ2n) is 3.79. The molecule has 0 aliphatic carbocycles. The van der Waals surface area contributed by atoms with Crippen molar-refractivity contribution in [2.45, 2.75) is 13.5 Å². The van der Waals surface area contributed by atoms with Gasteiger partial charge in [0.2, 0.25) is 0 Å². The largest absolute Gasteiger partial charge is 0.457 e. The van der Waals surface area contributed by atoms with Gasteiger partial charge >= 0.3 is 0 Å². The van der Waals surface area contributed by atoms with Gasteiger partial charge in [0, 0.05) is 0 Å². The molecule has 0 bridgehead atoms. The van der Waals surface area contributed by atoms with Crippen LogP contribution < -0.4 is 4.74 Å². The Hall–Kier alpha value is -1.87. The van der Waals surface area contributed by atoms with E-state index in [0.717, 1.165) is 5.56 Å². The summed E-state index contributed by atoms with van der Waals surface area (Å²) in [6.07, 6.45) is 0. The number of rotatable bonds is 3. The van der Waals surface area contributed by atoms with E-state index in [1.807, 2.05) is 25.1 Å². The van der Waals surface area contributed by atoms with Crippen LogP contribution in [-0.2, 0) is 6.61 Å². The summed E-state index contributed by atoms with van der Waals surface area (Å²) in [5.74, 6) is 0.515. The van der Waals surface area contributed by atoms with Gasteiger partial charge in [-0.15, -0.1) is 0 Å². The highest BCUT2D eigenvalue weighted by molar-refractivity contribution is 5.39. The van der Waals surface area contributed by atoms with Crippen molar-refractivity contribution in [2.24, 2.45) is 0 Å². The lowest BCUT2D eigenvalue weighted by Crippen LogP contribution is -1.95. The molecule has 0 aliphatic rings. The molecule has 2 aromatic carbocycles. The van der Waals surface area contributed by atoms with Crippen LogP contribution in [0.15, 0.2) is 42.5 Å². The van der Waals surface area contributed by atoms with E-state index >= 15 is 0 Å².